The number of hydrogen-bond donors (Lipinski definition) is 0. The first-order valence-corrected chi connectivity index (χ1v) is 12.7. The first-order chi connectivity index (χ1) is 16.3. The number of benzene rings is 2. The molecule has 0 saturated heterocycles. The van der Waals surface area contributed by atoms with E-state index in [4.69, 9.17) is 9.72 Å². The summed E-state index contributed by atoms with van der Waals surface area (Å²) >= 11 is 2.82. The van der Waals surface area contributed by atoms with Gasteiger partial charge in [0.25, 0.3) is 5.56 Å². The highest BCUT2D eigenvalue weighted by atomic mass is 32.2. The molecular formula is C25H21F3N2O2S2. The van der Waals surface area contributed by atoms with E-state index in [0.717, 1.165) is 43.4 Å². The van der Waals surface area contributed by atoms with Gasteiger partial charge in [-0.3, -0.25) is 9.36 Å². The Morgan fingerprint density at radius 2 is 1.88 bits per heavy atom. The number of aromatic nitrogens is 2. The topological polar surface area (TPSA) is 44.1 Å². The van der Waals surface area contributed by atoms with Crippen LogP contribution in [0.4, 0.5) is 13.2 Å². The van der Waals surface area contributed by atoms with Crippen molar-refractivity contribution in [3.63, 3.8) is 0 Å². The molecule has 0 bridgehead atoms. The number of hydrogen-bond acceptors (Lipinski definition) is 5. The first kappa shape index (κ1) is 23.0. The van der Waals surface area contributed by atoms with E-state index in [9.17, 15) is 18.0 Å². The van der Waals surface area contributed by atoms with Gasteiger partial charge < -0.3 is 4.74 Å². The normalized spacial score (nSPS) is 13.8. The number of methoxy groups -OCH3 is 1. The fourth-order valence-electron chi connectivity index (χ4n) is 4.23. The Kier molecular flexibility index (Phi) is 6.16. The van der Waals surface area contributed by atoms with E-state index in [0.29, 0.717) is 32.4 Å². The molecule has 0 fully saturated rings. The number of thiophene rings is 1. The van der Waals surface area contributed by atoms with Crippen LogP contribution in [0.2, 0.25) is 0 Å². The Hall–Kier alpha value is -2.78. The molecule has 1 aliphatic rings. The minimum atomic E-state index is -4.40. The third kappa shape index (κ3) is 4.34. The van der Waals surface area contributed by atoms with Crippen molar-refractivity contribution in [2.45, 2.75) is 42.8 Å². The van der Waals surface area contributed by atoms with Crippen molar-refractivity contribution in [1.29, 1.82) is 0 Å². The molecule has 2 heterocycles. The van der Waals surface area contributed by atoms with Crippen LogP contribution in [0.25, 0.3) is 15.9 Å². The molecular weight excluding hydrogens is 481 g/mol. The summed E-state index contributed by atoms with van der Waals surface area (Å²) in [4.78, 5) is 20.5. The van der Waals surface area contributed by atoms with Crippen LogP contribution < -0.4 is 10.3 Å². The van der Waals surface area contributed by atoms with Crippen molar-refractivity contribution >= 4 is 33.3 Å². The number of ether oxygens (including phenoxy) is 1. The molecule has 0 N–H and O–H groups in total. The summed E-state index contributed by atoms with van der Waals surface area (Å²) in [6.45, 7) is 0. The van der Waals surface area contributed by atoms with Gasteiger partial charge in [-0.25, -0.2) is 4.98 Å². The Morgan fingerprint density at radius 1 is 1.12 bits per heavy atom. The fraction of sp³-hybridized carbons (Fsp3) is 0.280. The molecule has 0 unspecified atom stereocenters. The average molecular weight is 503 g/mol. The van der Waals surface area contributed by atoms with Gasteiger partial charge in [-0.2, -0.15) is 13.2 Å². The summed E-state index contributed by atoms with van der Waals surface area (Å²) in [5, 5.41) is 1.12. The molecule has 0 amide bonds. The Bertz CT molecular complexity index is 1410. The van der Waals surface area contributed by atoms with E-state index in [1.165, 1.54) is 22.7 Å². The van der Waals surface area contributed by atoms with Crippen LogP contribution in [-0.4, -0.2) is 16.7 Å². The van der Waals surface area contributed by atoms with Crippen LogP contribution in [0.3, 0.4) is 0 Å². The fourth-order valence-corrected chi connectivity index (χ4v) is 6.49. The largest absolute Gasteiger partial charge is 0.497 e. The van der Waals surface area contributed by atoms with Gasteiger partial charge in [-0.05, 0) is 67.1 Å². The lowest BCUT2D eigenvalue weighted by atomic mass is 9.97. The molecule has 1 aliphatic carbocycles. The zero-order valence-corrected chi connectivity index (χ0v) is 19.9. The number of halogens is 3. The van der Waals surface area contributed by atoms with Gasteiger partial charge in [-0.15, -0.1) is 11.3 Å². The van der Waals surface area contributed by atoms with E-state index in [2.05, 4.69) is 0 Å². The smallest absolute Gasteiger partial charge is 0.416 e. The molecule has 0 spiro atoms. The third-order valence-electron chi connectivity index (χ3n) is 5.91. The van der Waals surface area contributed by atoms with Crippen molar-refractivity contribution in [3.05, 3.63) is 80.5 Å². The molecule has 0 aliphatic heterocycles. The number of fused-ring (bicyclic) bond motifs is 3. The Morgan fingerprint density at radius 3 is 2.62 bits per heavy atom. The first-order valence-electron chi connectivity index (χ1n) is 10.9. The van der Waals surface area contributed by atoms with Gasteiger partial charge in [-0.1, -0.05) is 30.0 Å². The molecule has 176 valence electrons. The van der Waals surface area contributed by atoms with Gasteiger partial charge in [0, 0.05) is 10.6 Å². The molecule has 0 atom stereocenters. The van der Waals surface area contributed by atoms with Gasteiger partial charge in [0.05, 0.1) is 23.7 Å². The number of nitrogens with zero attached hydrogens (tertiary/aromatic N) is 2. The molecule has 2 aromatic heterocycles. The summed E-state index contributed by atoms with van der Waals surface area (Å²) in [6.07, 6.45) is -0.438. The lowest BCUT2D eigenvalue weighted by Gasteiger charge is -2.14. The summed E-state index contributed by atoms with van der Waals surface area (Å²) < 4.78 is 46.2. The molecule has 34 heavy (non-hydrogen) atoms. The van der Waals surface area contributed by atoms with Crippen LogP contribution in [0.5, 0.6) is 5.75 Å². The van der Waals surface area contributed by atoms with E-state index in [-0.39, 0.29) is 11.3 Å². The van der Waals surface area contributed by atoms with Gasteiger partial charge in [0.1, 0.15) is 10.6 Å². The summed E-state index contributed by atoms with van der Waals surface area (Å²) in [7, 11) is 1.57. The second-order valence-electron chi connectivity index (χ2n) is 8.11. The van der Waals surface area contributed by atoms with E-state index in [1.807, 2.05) is 0 Å². The highest BCUT2D eigenvalue weighted by molar-refractivity contribution is 7.98. The van der Waals surface area contributed by atoms with Crippen LogP contribution in [0.1, 0.15) is 34.4 Å². The zero-order valence-electron chi connectivity index (χ0n) is 18.3. The highest BCUT2D eigenvalue weighted by Gasteiger charge is 2.30. The quantitative estimate of drug-likeness (QED) is 0.227. The van der Waals surface area contributed by atoms with Gasteiger partial charge in [0.15, 0.2) is 5.16 Å². The second kappa shape index (κ2) is 9.11. The van der Waals surface area contributed by atoms with E-state index >= 15 is 0 Å². The maximum atomic E-state index is 13.8. The monoisotopic (exact) mass is 502 g/mol. The summed E-state index contributed by atoms with van der Waals surface area (Å²) in [6, 6.07) is 12.4. The maximum Gasteiger partial charge on any atom is 0.416 e. The molecule has 5 rings (SSSR count). The molecule has 0 saturated carbocycles. The lowest BCUT2D eigenvalue weighted by molar-refractivity contribution is -0.137. The maximum absolute atomic E-state index is 13.8. The number of rotatable bonds is 5. The number of aryl methyl sites for hydroxylation is 2. The SMILES string of the molecule is COc1ccc(-n2c(SCc3cccc(C(F)(F)F)c3)nc3sc4c(c3c2=O)CCCC4)cc1. The second-order valence-corrected chi connectivity index (χ2v) is 10.1. The molecule has 0 radical (unpaired) electrons. The minimum Gasteiger partial charge on any atom is -0.497 e. The summed E-state index contributed by atoms with van der Waals surface area (Å²) in [5.74, 6) is 0.917. The molecule has 4 aromatic rings. The molecule has 4 nitrogen and oxygen atoms in total. The number of thioether (sulfide) groups is 1. The number of alkyl halides is 3. The minimum absolute atomic E-state index is 0.138. The van der Waals surface area contributed by atoms with Crippen LogP contribution in [-0.2, 0) is 24.8 Å². The van der Waals surface area contributed by atoms with E-state index in [1.54, 1.807) is 53.3 Å². The highest BCUT2D eigenvalue weighted by Crippen LogP contribution is 2.36. The van der Waals surface area contributed by atoms with Crippen LogP contribution in [0.15, 0.2) is 58.5 Å². The van der Waals surface area contributed by atoms with Crippen molar-refractivity contribution in [2.75, 3.05) is 7.11 Å². The predicted octanol–water partition coefficient (Wildman–Crippen LogP) is 6.65. The third-order valence-corrected chi connectivity index (χ3v) is 8.11. The Balaban J connectivity index is 1.60. The zero-order chi connectivity index (χ0) is 23.9. The Labute approximate surface area is 202 Å². The molecule has 9 heteroatoms. The summed E-state index contributed by atoms with van der Waals surface area (Å²) in [5.41, 5.74) is 1.43. The van der Waals surface area contributed by atoms with Crippen molar-refractivity contribution in [2.24, 2.45) is 0 Å². The molecule has 2 aromatic carbocycles. The van der Waals surface area contributed by atoms with Crippen LogP contribution in [0, 0.1) is 0 Å². The van der Waals surface area contributed by atoms with E-state index < -0.39 is 11.7 Å². The lowest BCUT2D eigenvalue weighted by Crippen LogP contribution is -2.22. The van der Waals surface area contributed by atoms with Gasteiger partial charge in [0.2, 0.25) is 0 Å². The van der Waals surface area contributed by atoms with Crippen molar-refractivity contribution in [3.8, 4) is 11.4 Å². The van der Waals surface area contributed by atoms with Gasteiger partial charge >= 0.3 is 6.18 Å². The van der Waals surface area contributed by atoms with Crippen molar-refractivity contribution < 1.29 is 17.9 Å². The standard InChI is InChI=1S/C25H21F3N2O2S2/c1-32-18-11-9-17(10-12-18)30-23(31)21-19-7-2-3-8-20(19)34-22(21)29-24(30)33-14-15-5-4-6-16(13-15)25(26,27)28/h4-6,9-13H,2-3,7-8,14H2,1H3. The van der Waals surface area contributed by atoms with Crippen molar-refractivity contribution in [1.82, 2.24) is 9.55 Å². The average Bonchev–Trinajstić information content (AvgIpc) is 3.21. The van der Waals surface area contributed by atoms with Crippen LogP contribution >= 0.6 is 23.1 Å². The predicted molar refractivity (Wildman–Crippen MR) is 129 cm³/mol.